The molecule has 0 unspecified atom stereocenters. The second-order valence-corrected chi connectivity index (χ2v) is 20.3. The van der Waals surface area contributed by atoms with Gasteiger partial charge in [-0.15, -0.1) is 0 Å². The Bertz CT molecular complexity index is 2860. The van der Waals surface area contributed by atoms with Crippen LogP contribution >= 0.6 is 62.3 Å². The fourth-order valence-electron chi connectivity index (χ4n) is 7.37. The highest BCUT2D eigenvalue weighted by molar-refractivity contribution is 9.09. The third kappa shape index (κ3) is 12.9. The molecule has 0 saturated carbocycles. The van der Waals surface area contributed by atoms with Crippen molar-refractivity contribution in [2.24, 2.45) is 0 Å². The Morgan fingerprint density at radius 1 is 0.522 bits per heavy atom. The highest BCUT2D eigenvalue weighted by Crippen LogP contribution is 2.36. The van der Waals surface area contributed by atoms with Crippen LogP contribution in [0.5, 0.6) is 0 Å². The normalized spacial score (nSPS) is 13.1. The van der Waals surface area contributed by atoms with E-state index in [0.717, 1.165) is 17.3 Å². The number of amides is 4. The van der Waals surface area contributed by atoms with Gasteiger partial charge in [0, 0.05) is 92.1 Å². The maximum atomic E-state index is 12.9. The molecule has 0 atom stereocenters. The van der Waals surface area contributed by atoms with Crippen molar-refractivity contribution < 1.29 is 38.2 Å². The van der Waals surface area contributed by atoms with Gasteiger partial charge in [0.1, 0.15) is 11.2 Å². The van der Waals surface area contributed by atoms with Gasteiger partial charge in [-0.25, -0.2) is 9.59 Å². The van der Waals surface area contributed by atoms with E-state index in [2.05, 4.69) is 20.9 Å². The minimum absolute atomic E-state index is 0.170. The Morgan fingerprint density at radius 3 is 1.36 bits per heavy atom. The summed E-state index contributed by atoms with van der Waals surface area (Å²) in [7, 11) is 0. The molecule has 17 heteroatoms. The molecular formula is C52H49BrCl4N4O8. The topological polar surface area (TPSA) is 148 Å². The number of halogens is 5. The molecule has 0 saturated heterocycles. The number of esters is 2. The van der Waals surface area contributed by atoms with E-state index in [-0.39, 0.29) is 36.1 Å². The summed E-state index contributed by atoms with van der Waals surface area (Å²) in [6.45, 7) is 12.1. The number of H-pyrrole nitrogens is 1. The average molecular weight is 1080 g/mol. The zero-order chi connectivity index (χ0) is 50.4. The van der Waals surface area contributed by atoms with Crippen molar-refractivity contribution in [3.8, 4) is 22.3 Å². The Kier molecular flexibility index (Phi) is 17.1. The fraction of sp³-hybridized carbons (Fsp3) is 0.269. The molecule has 0 fully saturated rings. The summed E-state index contributed by atoms with van der Waals surface area (Å²) >= 11 is 27.8. The zero-order valence-electron chi connectivity index (χ0n) is 38.6. The second-order valence-electron chi connectivity index (χ2n) is 17.9. The number of fused-ring (bicyclic) bond motifs is 2. The molecule has 6 aromatic rings. The maximum Gasteiger partial charge on any atom is 0.340 e. The van der Waals surface area contributed by atoms with E-state index >= 15 is 0 Å². The van der Waals surface area contributed by atoms with Crippen molar-refractivity contribution in [1.29, 1.82) is 0 Å². The van der Waals surface area contributed by atoms with Gasteiger partial charge in [0.2, 0.25) is 0 Å². The second kappa shape index (κ2) is 22.4. The minimum Gasteiger partial charge on any atom is -0.456 e. The summed E-state index contributed by atoms with van der Waals surface area (Å²) in [5.74, 6) is -1.76. The SMILES string of the molecule is CC(C)(C)OC(=O)c1c[nH]cc1-c1ccc(Cl)cc1Cl.CC(C)(C)OC(=O)c1cn(CCCN2C(=O)c3ccccc3C2=O)cc1-c1ccc(Cl)cc1Cl.O=C1c2ccccc2C(=O)N1CCCBr. The first kappa shape index (κ1) is 52.7. The van der Waals surface area contributed by atoms with E-state index in [4.69, 9.17) is 55.9 Å². The molecule has 2 aliphatic heterocycles. The van der Waals surface area contributed by atoms with Crippen LogP contribution in [0.3, 0.4) is 0 Å². The number of ether oxygens (including phenoxy) is 2. The van der Waals surface area contributed by atoms with E-state index in [1.54, 1.807) is 124 Å². The molecule has 0 aliphatic carbocycles. The first-order valence-corrected chi connectivity index (χ1v) is 24.4. The van der Waals surface area contributed by atoms with Crippen LogP contribution in [0.4, 0.5) is 0 Å². The predicted octanol–water partition coefficient (Wildman–Crippen LogP) is 13.1. The van der Waals surface area contributed by atoms with Crippen LogP contribution in [-0.2, 0) is 16.0 Å². The van der Waals surface area contributed by atoms with Crippen LogP contribution in [0.15, 0.2) is 110 Å². The Hall–Kier alpha value is -5.70. The molecule has 0 bridgehead atoms. The van der Waals surface area contributed by atoms with Gasteiger partial charge < -0.3 is 19.0 Å². The molecule has 69 heavy (non-hydrogen) atoms. The highest BCUT2D eigenvalue weighted by Gasteiger charge is 2.36. The number of imide groups is 2. The van der Waals surface area contributed by atoms with Gasteiger partial charge in [-0.2, -0.15) is 0 Å². The molecule has 12 nitrogen and oxygen atoms in total. The first-order valence-electron chi connectivity index (χ1n) is 21.8. The lowest BCUT2D eigenvalue weighted by Crippen LogP contribution is -2.31. The Morgan fingerprint density at radius 2 is 0.942 bits per heavy atom. The van der Waals surface area contributed by atoms with Gasteiger partial charge in [0.05, 0.1) is 33.4 Å². The summed E-state index contributed by atoms with van der Waals surface area (Å²) in [6.07, 6.45) is 8.14. The van der Waals surface area contributed by atoms with Crippen molar-refractivity contribution in [3.05, 3.63) is 163 Å². The molecule has 4 amide bonds. The van der Waals surface area contributed by atoms with Gasteiger partial charge in [-0.3, -0.25) is 29.0 Å². The number of benzene rings is 4. The number of hydrogen-bond acceptors (Lipinski definition) is 8. The lowest BCUT2D eigenvalue weighted by atomic mass is 10.0. The number of aryl methyl sites for hydroxylation is 1. The molecular weight excluding hydrogens is 1030 g/mol. The third-order valence-electron chi connectivity index (χ3n) is 10.4. The van der Waals surface area contributed by atoms with E-state index < -0.39 is 17.2 Å². The molecule has 0 radical (unpaired) electrons. The van der Waals surface area contributed by atoms with E-state index in [9.17, 15) is 28.8 Å². The van der Waals surface area contributed by atoms with E-state index in [1.807, 2.05) is 31.5 Å². The number of rotatable bonds is 11. The third-order valence-corrected chi connectivity index (χ3v) is 12.0. The van der Waals surface area contributed by atoms with Crippen LogP contribution in [0.2, 0.25) is 20.1 Å². The molecule has 8 rings (SSSR count). The first-order chi connectivity index (χ1) is 32.6. The van der Waals surface area contributed by atoms with Crippen molar-refractivity contribution in [2.75, 3.05) is 18.4 Å². The molecule has 1 N–H and O–H groups in total. The van der Waals surface area contributed by atoms with Gasteiger partial charge in [0.15, 0.2) is 0 Å². The van der Waals surface area contributed by atoms with Gasteiger partial charge in [-0.1, -0.05) is 98.7 Å². The summed E-state index contributed by atoms with van der Waals surface area (Å²) in [4.78, 5) is 79.4. The van der Waals surface area contributed by atoms with Crippen molar-refractivity contribution in [3.63, 3.8) is 0 Å². The monoisotopic (exact) mass is 1080 g/mol. The maximum absolute atomic E-state index is 12.9. The van der Waals surface area contributed by atoms with E-state index in [1.165, 1.54) is 9.80 Å². The van der Waals surface area contributed by atoms with Crippen LogP contribution in [0.25, 0.3) is 22.3 Å². The molecule has 0 spiro atoms. The smallest absolute Gasteiger partial charge is 0.340 e. The van der Waals surface area contributed by atoms with Crippen LogP contribution < -0.4 is 0 Å². The lowest BCUT2D eigenvalue weighted by molar-refractivity contribution is 0.00579. The number of hydrogen-bond donors (Lipinski definition) is 1. The summed E-state index contributed by atoms with van der Waals surface area (Å²) in [6, 6.07) is 24.0. The Balaban J connectivity index is 0.000000188. The highest BCUT2D eigenvalue weighted by atomic mass is 79.9. The molecule has 2 aliphatic rings. The number of carbonyl (C=O) groups is 6. The van der Waals surface area contributed by atoms with Crippen LogP contribution in [0, 0.1) is 0 Å². The number of alkyl halides is 1. The van der Waals surface area contributed by atoms with E-state index in [0.29, 0.717) is 89.7 Å². The molecule has 4 heterocycles. The zero-order valence-corrected chi connectivity index (χ0v) is 43.2. The summed E-state index contributed by atoms with van der Waals surface area (Å²) in [5, 5.41) is 2.74. The predicted molar refractivity (Wildman–Crippen MR) is 273 cm³/mol. The van der Waals surface area contributed by atoms with Gasteiger partial charge in [0.25, 0.3) is 23.6 Å². The summed E-state index contributed by atoms with van der Waals surface area (Å²) in [5.41, 5.74) is 4.24. The van der Waals surface area contributed by atoms with Crippen molar-refractivity contribution in [2.45, 2.75) is 72.1 Å². The molecule has 2 aromatic heterocycles. The van der Waals surface area contributed by atoms with Crippen molar-refractivity contribution in [1.82, 2.24) is 19.4 Å². The largest absolute Gasteiger partial charge is 0.456 e. The number of carbonyl (C=O) groups excluding carboxylic acids is 6. The number of nitrogens with one attached hydrogen (secondary N) is 1. The summed E-state index contributed by atoms with van der Waals surface area (Å²) < 4.78 is 12.8. The van der Waals surface area contributed by atoms with Crippen molar-refractivity contribution >= 4 is 97.9 Å². The molecule has 4 aromatic carbocycles. The van der Waals surface area contributed by atoms with Gasteiger partial charge >= 0.3 is 11.9 Å². The number of nitrogens with zero attached hydrogens (tertiary/aromatic N) is 3. The number of aromatic nitrogens is 2. The quantitative estimate of drug-likeness (QED) is 0.0766. The minimum atomic E-state index is -0.661. The van der Waals surface area contributed by atoms with Crippen LogP contribution in [0.1, 0.15) is 117 Å². The Labute approximate surface area is 428 Å². The standard InChI is InChI=1S/C26H24Cl2N2O4.C15H15Cl2NO2.C11H10BrNO2/c1-26(2,3)34-25(33)21-15-29(14-20(21)17-10-9-16(27)13-22(17)28)11-6-12-30-23(31)18-7-4-5-8-19(18)24(30)32;1-15(2,3)20-14(19)12-8-18-7-11(12)10-5-4-9(16)6-13(10)17;12-6-3-7-13-10(14)8-4-1-2-5-9(8)11(13)15/h4-5,7-10,13-15H,6,11-12H2,1-3H3;4-8,18H,1-3H3;1-2,4-5H,3,6-7H2. The average Bonchev–Trinajstić information content (AvgIpc) is 4.05. The van der Waals surface area contributed by atoms with Crippen LogP contribution in [-0.4, -0.2) is 84.5 Å². The fourth-order valence-corrected chi connectivity index (χ4v) is 8.64. The van der Waals surface area contributed by atoms with Gasteiger partial charge in [-0.05, 0) is 103 Å². The molecule has 360 valence electrons. The number of aromatic amines is 1. The lowest BCUT2D eigenvalue weighted by Gasteiger charge is -2.19.